The maximum absolute atomic E-state index is 13.1. The molecular weight excluding hydrogens is 366 g/mol. The molecule has 1 aliphatic carbocycles. The summed E-state index contributed by atoms with van der Waals surface area (Å²) >= 11 is 0. The van der Waals surface area contributed by atoms with Crippen LogP contribution in [-0.4, -0.2) is 31.1 Å². The van der Waals surface area contributed by atoms with Crippen LogP contribution in [0.4, 0.5) is 0 Å². The van der Waals surface area contributed by atoms with Crippen molar-refractivity contribution in [3.63, 3.8) is 0 Å². The molecule has 4 rings (SSSR count). The third-order valence-corrected chi connectivity index (χ3v) is 6.39. The zero-order valence-electron chi connectivity index (χ0n) is 17.0. The highest BCUT2D eigenvalue weighted by Crippen LogP contribution is 2.44. The molecule has 1 fully saturated rings. The molecule has 29 heavy (non-hydrogen) atoms. The van der Waals surface area contributed by atoms with Crippen molar-refractivity contribution in [2.45, 2.75) is 50.0 Å². The minimum Gasteiger partial charge on any atom is -0.496 e. The number of benzene rings is 2. The van der Waals surface area contributed by atoms with Gasteiger partial charge >= 0.3 is 5.97 Å². The molecule has 1 unspecified atom stereocenters. The Morgan fingerprint density at radius 2 is 1.79 bits per heavy atom. The molecule has 0 bridgehead atoms. The molecule has 5 nitrogen and oxygen atoms in total. The number of ether oxygens (including phenoxy) is 2. The van der Waals surface area contributed by atoms with E-state index in [4.69, 9.17) is 9.47 Å². The molecular formula is C24H27NO4. The van der Waals surface area contributed by atoms with Gasteiger partial charge in [0.2, 0.25) is 0 Å². The maximum Gasteiger partial charge on any atom is 0.339 e. The van der Waals surface area contributed by atoms with E-state index in [2.05, 4.69) is 11.4 Å². The third kappa shape index (κ3) is 3.50. The van der Waals surface area contributed by atoms with Crippen LogP contribution >= 0.6 is 0 Å². The Bertz CT molecular complexity index is 932. The number of methoxy groups -OCH3 is 1. The molecule has 0 spiro atoms. The first-order valence-corrected chi connectivity index (χ1v) is 10.2. The fourth-order valence-corrected chi connectivity index (χ4v) is 4.77. The molecule has 152 valence electrons. The van der Waals surface area contributed by atoms with Crippen LogP contribution in [0.25, 0.3) is 0 Å². The minimum atomic E-state index is -1.20. The summed E-state index contributed by atoms with van der Waals surface area (Å²) in [6, 6.07) is 15.3. The van der Waals surface area contributed by atoms with Gasteiger partial charge in [0.05, 0.1) is 12.7 Å². The summed E-state index contributed by atoms with van der Waals surface area (Å²) in [5, 5.41) is 3.11. The lowest BCUT2D eigenvalue weighted by atomic mass is 9.78. The quantitative estimate of drug-likeness (QED) is 0.785. The highest BCUT2D eigenvalue weighted by atomic mass is 16.6. The Morgan fingerprint density at radius 3 is 2.55 bits per heavy atom. The fraction of sp³-hybridized carbons (Fsp3) is 0.417. The number of nitrogens with one attached hydrogen (secondary N) is 1. The maximum atomic E-state index is 13.1. The van der Waals surface area contributed by atoms with E-state index < -0.39 is 11.6 Å². The number of rotatable bonds is 5. The highest BCUT2D eigenvalue weighted by molar-refractivity contribution is 5.97. The second kappa shape index (κ2) is 7.54. The van der Waals surface area contributed by atoms with Gasteiger partial charge in [-0.05, 0) is 37.5 Å². The summed E-state index contributed by atoms with van der Waals surface area (Å²) in [6.07, 6.45) is 4.60. The molecule has 2 aliphatic rings. The van der Waals surface area contributed by atoms with Crippen LogP contribution in [0.1, 0.15) is 54.1 Å². The topological polar surface area (TPSA) is 64.6 Å². The Kier molecular flexibility index (Phi) is 5.07. The van der Waals surface area contributed by atoms with Crippen LogP contribution in [0.15, 0.2) is 48.5 Å². The molecule has 2 aromatic rings. The van der Waals surface area contributed by atoms with Crippen molar-refractivity contribution < 1.29 is 19.1 Å². The van der Waals surface area contributed by atoms with Crippen molar-refractivity contribution in [1.82, 2.24) is 5.32 Å². The number of para-hydroxylation sites is 1. The summed E-state index contributed by atoms with van der Waals surface area (Å²) in [6.45, 7) is 2.20. The molecule has 1 amide bonds. The lowest BCUT2D eigenvalue weighted by Crippen LogP contribution is -2.54. The average Bonchev–Trinajstić information content (AvgIpc) is 3.22. The first-order valence-electron chi connectivity index (χ1n) is 10.2. The van der Waals surface area contributed by atoms with Crippen molar-refractivity contribution in [2.75, 3.05) is 13.7 Å². The van der Waals surface area contributed by atoms with Crippen LogP contribution in [-0.2, 0) is 21.4 Å². The van der Waals surface area contributed by atoms with Crippen LogP contribution < -0.4 is 10.1 Å². The summed E-state index contributed by atoms with van der Waals surface area (Å²) in [4.78, 5) is 25.6. The molecule has 1 saturated carbocycles. The number of carbonyl (C=O) groups is 2. The molecule has 0 aromatic heterocycles. The van der Waals surface area contributed by atoms with Gasteiger partial charge in [0.25, 0.3) is 5.91 Å². The predicted octanol–water partition coefficient (Wildman–Crippen LogP) is 3.80. The molecule has 0 saturated heterocycles. The largest absolute Gasteiger partial charge is 0.496 e. The lowest BCUT2D eigenvalue weighted by Gasteiger charge is -2.36. The van der Waals surface area contributed by atoms with Crippen molar-refractivity contribution in [2.24, 2.45) is 0 Å². The Labute approximate surface area is 171 Å². The molecule has 1 heterocycles. The van der Waals surface area contributed by atoms with Crippen LogP contribution in [0.3, 0.4) is 0 Å². The van der Waals surface area contributed by atoms with Gasteiger partial charge in [-0.1, -0.05) is 49.2 Å². The van der Waals surface area contributed by atoms with Crippen molar-refractivity contribution in [1.29, 1.82) is 0 Å². The number of fused-ring (bicyclic) bond motifs is 1. The Hall–Kier alpha value is -2.82. The molecule has 2 aromatic carbocycles. The third-order valence-electron chi connectivity index (χ3n) is 6.39. The normalized spacial score (nSPS) is 22.5. The van der Waals surface area contributed by atoms with Gasteiger partial charge in [0, 0.05) is 23.9 Å². The number of hydrogen-bond donors (Lipinski definition) is 1. The van der Waals surface area contributed by atoms with Gasteiger partial charge in [-0.15, -0.1) is 0 Å². The van der Waals surface area contributed by atoms with Gasteiger partial charge in [0.1, 0.15) is 5.75 Å². The molecule has 5 heteroatoms. The van der Waals surface area contributed by atoms with Crippen LogP contribution in [0.5, 0.6) is 5.75 Å². The summed E-state index contributed by atoms with van der Waals surface area (Å²) < 4.78 is 11.2. The lowest BCUT2D eigenvalue weighted by molar-refractivity contribution is -0.140. The van der Waals surface area contributed by atoms with Crippen molar-refractivity contribution in [3.8, 4) is 5.75 Å². The first kappa shape index (κ1) is 19.5. The smallest absolute Gasteiger partial charge is 0.339 e. The van der Waals surface area contributed by atoms with E-state index in [1.165, 1.54) is 0 Å². The van der Waals surface area contributed by atoms with Gasteiger partial charge in [-0.2, -0.15) is 0 Å². The van der Waals surface area contributed by atoms with Crippen LogP contribution in [0, 0.1) is 0 Å². The van der Waals surface area contributed by atoms with E-state index in [0.29, 0.717) is 18.5 Å². The van der Waals surface area contributed by atoms with E-state index in [1.807, 2.05) is 30.3 Å². The van der Waals surface area contributed by atoms with Crippen molar-refractivity contribution >= 4 is 11.9 Å². The highest BCUT2D eigenvalue weighted by Gasteiger charge is 2.44. The van der Waals surface area contributed by atoms with E-state index in [-0.39, 0.29) is 11.3 Å². The summed E-state index contributed by atoms with van der Waals surface area (Å²) in [5.74, 6) is 0.166. The van der Waals surface area contributed by atoms with E-state index in [1.54, 1.807) is 26.2 Å². The average molecular weight is 393 g/mol. The fourth-order valence-electron chi connectivity index (χ4n) is 4.77. The number of cyclic esters (lactones) is 1. The van der Waals surface area contributed by atoms with Gasteiger partial charge in [0.15, 0.2) is 5.60 Å². The standard InChI is InChI=1S/C24H27NO4/c1-23(15-17-9-3-4-10-18(17)21(26)29-23)22(27)25-16-24(13-7-8-14-24)19-11-5-6-12-20(19)28-2/h3-6,9-12H,7-8,13-16H2,1-2H3,(H,25,27). The molecule has 1 aliphatic heterocycles. The number of esters is 1. The predicted molar refractivity (Wildman–Crippen MR) is 110 cm³/mol. The molecule has 1 atom stereocenters. The number of hydrogen-bond acceptors (Lipinski definition) is 4. The van der Waals surface area contributed by atoms with Gasteiger partial charge < -0.3 is 14.8 Å². The van der Waals surface area contributed by atoms with Gasteiger partial charge in [-0.25, -0.2) is 4.79 Å². The number of carbonyl (C=O) groups excluding carboxylic acids is 2. The first-order chi connectivity index (χ1) is 14.0. The Balaban J connectivity index is 1.54. The second-order valence-electron chi connectivity index (χ2n) is 8.32. The van der Waals surface area contributed by atoms with E-state index >= 15 is 0 Å². The van der Waals surface area contributed by atoms with E-state index in [0.717, 1.165) is 42.6 Å². The SMILES string of the molecule is COc1ccccc1C1(CNC(=O)C2(C)Cc3ccccc3C(=O)O2)CCCC1. The van der Waals surface area contributed by atoms with E-state index in [9.17, 15) is 9.59 Å². The van der Waals surface area contributed by atoms with Crippen LogP contribution in [0.2, 0.25) is 0 Å². The van der Waals surface area contributed by atoms with Gasteiger partial charge in [-0.3, -0.25) is 4.79 Å². The Morgan fingerprint density at radius 1 is 1.10 bits per heavy atom. The second-order valence-corrected chi connectivity index (χ2v) is 8.32. The minimum absolute atomic E-state index is 0.158. The number of amides is 1. The van der Waals surface area contributed by atoms with Crippen molar-refractivity contribution in [3.05, 3.63) is 65.2 Å². The molecule has 0 radical (unpaired) electrons. The summed E-state index contributed by atoms with van der Waals surface area (Å²) in [5.41, 5.74) is 1.17. The zero-order chi connectivity index (χ0) is 20.5. The zero-order valence-corrected chi connectivity index (χ0v) is 17.0. The monoisotopic (exact) mass is 393 g/mol. The summed E-state index contributed by atoms with van der Waals surface area (Å²) in [7, 11) is 1.68. The molecule has 1 N–H and O–H groups in total.